The van der Waals surface area contributed by atoms with E-state index < -0.39 is 13.1 Å². The Morgan fingerprint density at radius 1 is 1.48 bits per heavy atom. The number of benzene rings is 1. The van der Waals surface area contributed by atoms with Crippen molar-refractivity contribution in [2.24, 2.45) is 5.92 Å². The number of thioether (sulfide) groups is 1. The number of aromatic carboxylic acids is 1. The van der Waals surface area contributed by atoms with Crippen LogP contribution in [0.3, 0.4) is 0 Å². The molecule has 4 atom stereocenters. The molecule has 0 unspecified atom stereocenters. The second-order valence-electron chi connectivity index (χ2n) is 6.62. The van der Waals surface area contributed by atoms with Crippen LogP contribution >= 0.6 is 11.8 Å². The van der Waals surface area contributed by atoms with Crippen LogP contribution in [0.1, 0.15) is 41.6 Å². The third-order valence-electron chi connectivity index (χ3n) is 5.15. The third kappa shape index (κ3) is 2.64. The Kier molecular flexibility index (Phi) is 3.82. The summed E-state index contributed by atoms with van der Waals surface area (Å²) in [7, 11) is -0.883. The predicted molar refractivity (Wildman–Crippen MR) is 87.4 cm³/mol. The molecule has 2 aliphatic heterocycles. The molecule has 2 N–H and O–H groups in total. The van der Waals surface area contributed by atoms with Gasteiger partial charge >= 0.3 is 13.1 Å². The zero-order chi connectivity index (χ0) is 16.1. The molecule has 1 aromatic rings. The predicted octanol–water partition coefficient (Wildman–Crippen LogP) is 2.63. The quantitative estimate of drug-likeness (QED) is 0.651. The molecule has 1 saturated heterocycles. The van der Waals surface area contributed by atoms with Crippen LogP contribution in [0.4, 0.5) is 0 Å². The van der Waals surface area contributed by atoms with Gasteiger partial charge in [0.1, 0.15) is 11.3 Å². The van der Waals surface area contributed by atoms with Gasteiger partial charge in [0, 0.05) is 22.6 Å². The first kappa shape index (κ1) is 15.4. The number of carbonyl (C=O) groups is 1. The average Bonchev–Trinajstić information content (AvgIpc) is 3.13. The van der Waals surface area contributed by atoms with E-state index in [0.29, 0.717) is 16.6 Å². The number of hydrogen-bond acceptors (Lipinski definition) is 5. The summed E-state index contributed by atoms with van der Waals surface area (Å²) in [6, 6.07) is 3.87. The number of hydrogen-bond donors (Lipinski definition) is 2. The lowest BCUT2D eigenvalue weighted by Crippen LogP contribution is -2.27. The van der Waals surface area contributed by atoms with E-state index in [2.05, 4.69) is 6.92 Å². The van der Waals surface area contributed by atoms with Gasteiger partial charge in [0.05, 0.1) is 6.61 Å². The van der Waals surface area contributed by atoms with Crippen molar-refractivity contribution in [2.75, 3.05) is 13.2 Å². The van der Waals surface area contributed by atoms with Crippen LogP contribution in [0.5, 0.6) is 5.75 Å². The fraction of sp³-hybridized carbons (Fsp3) is 0.562. The molecule has 0 aromatic heterocycles. The number of carboxylic acid groups (broad SMARTS) is 1. The van der Waals surface area contributed by atoms with Crippen LogP contribution in [0.15, 0.2) is 17.0 Å². The van der Waals surface area contributed by atoms with E-state index in [1.54, 1.807) is 11.8 Å². The number of rotatable bonds is 4. The third-order valence-corrected chi connectivity index (χ3v) is 6.50. The minimum atomic E-state index is -0.995. The monoisotopic (exact) mass is 334 g/mol. The maximum Gasteiger partial charge on any atom is 0.526 e. The molecular weight excluding hydrogens is 315 g/mol. The Morgan fingerprint density at radius 3 is 3.00 bits per heavy atom. The van der Waals surface area contributed by atoms with Crippen LogP contribution in [-0.4, -0.2) is 41.7 Å². The molecule has 0 bridgehead atoms. The van der Waals surface area contributed by atoms with Crippen molar-refractivity contribution in [3.05, 3.63) is 23.3 Å². The van der Waals surface area contributed by atoms with E-state index >= 15 is 0 Å². The largest absolute Gasteiger partial charge is 0.535 e. The molecule has 2 heterocycles. The fourth-order valence-corrected chi connectivity index (χ4v) is 4.87. The average molecular weight is 334 g/mol. The standard InChI is InChI=1S/C16H19BO5S/c1-8(9-4-5-21-7-9)23-13-3-2-10-11-6-12(11)17(20)22-15(10)14(13)16(18)19/h2-3,8-9,11-12,20H,4-7H2,1H3,(H,18,19)/t8-,9+,11+,12+/m0/s1. The van der Waals surface area contributed by atoms with E-state index in [9.17, 15) is 14.9 Å². The van der Waals surface area contributed by atoms with Gasteiger partial charge in [-0.3, -0.25) is 0 Å². The van der Waals surface area contributed by atoms with Gasteiger partial charge in [-0.1, -0.05) is 13.0 Å². The first-order valence-corrected chi connectivity index (χ1v) is 8.93. The molecule has 5 nitrogen and oxygen atoms in total. The van der Waals surface area contributed by atoms with Gasteiger partial charge in [0.15, 0.2) is 0 Å². The van der Waals surface area contributed by atoms with Crippen molar-refractivity contribution in [3.8, 4) is 5.75 Å². The van der Waals surface area contributed by atoms with E-state index in [-0.39, 0.29) is 22.5 Å². The minimum absolute atomic E-state index is 0.122. The Morgan fingerprint density at radius 2 is 2.30 bits per heavy atom. The maximum atomic E-state index is 11.8. The number of carboxylic acids is 1. The van der Waals surface area contributed by atoms with Crippen molar-refractivity contribution >= 4 is 24.8 Å². The van der Waals surface area contributed by atoms with E-state index in [4.69, 9.17) is 9.39 Å². The van der Waals surface area contributed by atoms with Crippen LogP contribution < -0.4 is 4.65 Å². The van der Waals surface area contributed by atoms with Crippen LogP contribution in [-0.2, 0) is 4.74 Å². The van der Waals surface area contributed by atoms with Crippen molar-refractivity contribution in [3.63, 3.8) is 0 Å². The molecule has 0 radical (unpaired) electrons. The molecule has 1 aliphatic carbocycles. The van der Waals surface area contributed by atoms with Gasteiger partial charge in [-0.2, -0.15) is 0 Å². The highest BCUT2D eigenvalue weighted by Gasteiger charge is 2.54. The zero-order valence-corrected chi connectivity index (χ0v) is 13.7. The molecule has 122 valence electrons. The van der Waals surface area contributed by atoms with Gasteiger partial charge < -0.3 is 19.5 Å². The lowest BCUT2D eigenvalue weighted by molar-refractivity contribution is 0.0690. The highest BCUT2D eigenvalue weighted by molar-refractivity contribution is 8.00. The van der Waals surface area contributed by atoms with Crippen LogP contribution in [0.25, 0.3) is 0 Å². The van der Waals surface area contributed by atoms with Crippen molar-refractivity contribution in [2.45, 2.75) is 41.6 Å². The van der Waals surface area contributed by atoms with Gasteiger partial charge in [0.25, 0.3) is 0 Å². The first-order chi connectivity index (χ1) is 11.1. The van der Waals surface area contributed by atoms with Crippen molar-refractivity contribution in [1.29, 1.82) is 0 Å². The molecule has 7 heteroatoms. The molecular formula is C16H19BO5S. The van der Waals surface area contributed by atoms with E-state index in [1.807, 2.05) is 12.1 Å². The summed E-state index contributed by atoms with van der Waals surface area (Å²) in [6.07, 6.45) is 1.88. The van der Waals surface area contributed by atoms with Gasteiger partial charge in [-0.25, -0.2) is 4.79 Å². The summed E-state index contributed by atoms with van der Waals surface area (Å²) in [5.41, 5.74) is 1.13. The first-order valence-electron chi connectivity index (χ1n) is 8.05. The Balaban J connectivity index is 1.67. The summed E-state index contributed by atoms with van der Waals surface area (Å²) < 4.78 is 11.0. The van der Waals surface area contributed by atoms with E-state index in [0.717, 1.165) is 31.6 Å². The molecule has 3 aliphatic rings. The molecule has 1 saturated carbocycles. The smallest absolute Gasteiger partial charge is 0.526 e. The van der Waals surface area contributed by atoms with Crippen LogP contribution in [0.2, 0.25) is 5.82 Å². The molecule has 23 heavy (non-hydrogen) atoms. The molecule has 0 spiro atoms. The van der Waals surface area contributed by atoms with Gasteiger partial charge in [0.2, 0.25) is 0 Å². The molecule has 2 fully saturated rings. The zero-order valence-electron chi connectivity index (χ0n) is 12.9. The summed E-state index contributed by atoms with van der Waals surface area (Å²) in [5, 5.41) is 19.9. The SMILES string of the molecule is C[C@H](Sc1ccc2c(c1C(=O)O)OB(O)[C@@H]1C[C@H]21)[C@@H]1CCOC1. The molecule has 4 rings (SSSR count). The lowest BCUT2D eigenvalue weighted by Gasteiger charge is -2.24. The number of fused-ring (bicyclic) bond motifs is 3. The summed E-state index contributed by atoms with van der Waals surface area (Å²) in [5.74, 6) is 0.176. The highest BCUT2D eigenvalue weighted by Crippen LogP contribution is 2.60. The van der Waals surface area contributed by atoms with E-state index in [1.165, 1.54) is 0 Å². The topological polar surface area (TPSA) is 76.0 Å². The van der Waals surface area contributed by atoms with Gasteiger partial charge in [-0.15, -0.1) is 11.8 Å². The second kappa shape index (κ2) is 5.72. The Hall–Kier alpha value is -1.18. The molecule has 1 aromatic carbocycles. The van der Waals surface area contributed by atoms with Crippen LogP contribution in [0, 0.1) is 5.92 Å². The molecule has 0 amide bonds. The fourth-order valence-electron chi connectivity index (χ4n) is 3.62. The van der Waals surface area contributed by atoms with Crippen molar-refractivity contribution in [1.82, 2.24) is 0 Å². The summed E-state index contributed by atoms with van der Waals surface area (Å²) in [6.45, 7) is 3.63. The summed E-state index contributed by atoms with van der Waals surface area (Å²) in [4.78, 5) is 12.5. The Bertz CT molecular complexity index is 646. The highest BCUT2D eigenvalue weighted by atomic mass is 32.2. The van der Waals surface area contributed by atoms with Crippen molar-refractivity contribution < 1.29 is 24.3 Å². The lowest BCUT2D eigenvalue weighted by atomic mass is 9.77. The minimum Gasteiger partial charge on any atom is -0.535 e. The summed E-state index contributed by atoms with van der Waals surface area (Å²) >= 11 is 1.56. The number of ether oxygens (including phenoxy) is 1. The second-order valence-corrected chi connectivity index (χ2v) is 8.04. The Labute approximate surface area is 139 Å². The maximum absolute atomic E-state index is 11.8. The van der Waals surface area contributed by atoms with Gasteiger partial charge in [-0.05, 0) is 36.3 Å². The normalized spacial score (nSPS) is 29.5.